The van der Waals surface area contributed by atoms with E-state index < -0.39 is 0 Å². The van der Waals surface area contributed by atoms with Crippen molar-refractivity contribution in [2.75, 3.05) is 13.1 Å². The summed E-state index contributed by atoms with van der Waals surface area (Å²) in [6, 6.07) is 18.6. The minimum Gasteiger partial charge on any atom is -0.445 e. The van der Waals surface area contributed by atoms with Gasteiger partial charge in [0.25, 0.3) is 0 Å². The number of nitrogens with zero attached hydrogens (tertiary/aromatic N) is 1. The van der Waals surface area contributed by atoms with Crippen LogP contribution >= 0.6 is 0 Å². The van der Waals surface area contributed by atoms with E-state index in [0.717, 1.165) is 5.56 Å². The normalized spacial score (nSPS) is 14.8. The van der Waals surface area contributed by atoms with Crippen molar-refractivity contribution in [3.05, 3.63) is 66.2 Å². The van der Waals surface area contributed by atoms with Crippen LogP contribution in [-0.2, 0) is 16.1 Å². The van der Waals surface area contributed by atoms with Gasteiger partial charge in [0.1, 0.15) is 12.4 Å². The molecule has 1 saturated heterocycles. The van der Waals surface area contributed by atoms with Crippen LogP contribution < -0.4 is 4.74 Å². The van der Waals surface area contributed by atoms with Crippen molar-refractivity contribution in [2.45, 2.75) is 19.4 Å². The molecule has 0 saturated carbocycles. The van der Waals surface area contributed by atoms with Crippen LogP contribution in [0.4, 0.5) is 4.79 Å². The van der Waals surface area contributed by atoms with Crippen LogP contribution in [0.2, 0.25) is 0 Å². The van der Waals surface area contributed by atoms with Crippen molar-refractivity contribution in [3.63, 3.8) is 0 Å². The molecule has 0 unspecified atom stereocenters. The Kier molecular flexibility index (Phi) is 5.67. The molecule has 0 spiro atoms. The fourth-order valence-corrected chi connectivity index (χ4v) is 2.80. The summed E-state index contributed by atoms with van der Waals surface area (Å²) in [5.41, 5.74) is 0.956. The zero-order chi connectivity index (χ0) is 17.5. The third-order valence-electron chi connectivity index (χ3n) is 4.25. The van der Waals surface area contributed by atoms with Crippen LogP contribution in [0.15, 0.2) is 60.7 Å². The highest BCUT2D eigenvalue weighted by Crippen LogP contribution is 2.21. The van der Waals surface area contributed by atoms with Crippen LogP contribution in [0.1, 0.15) is 18.4 Å². The van der Waals surface area contributed by atoms with Gasteiger partial charge in [-0.2, -0.15) is 0 Å². The first kappa shape index (κ1) is 17.0. The predicted octanol–water partition coefficient (Wildman–Crippen LogP) is 3.64. The largest absolute Gasteiger partial charge is 0.445 e. The van der Waals surface area contributed by atoms with E-state index in [4.69, 9.17) is 9.47 Å². The summed E-state index contributed by atoms with van der Waals surface area (Å²) in [5.74, 6) is 0.138. The molecule has 0 radical (unpaired) electrons. The quantitative estimate of drug-likeness (QED) is 0.630. The van der Waals surface area contributed by atoms with E-state index in [1.807, 2.05) is 48.5 Å². The van der Waals surface area contributed by atoms with Crippen molar-refractivity contribution in [1.29, 1.82) is 0 Å². The first-order valence-electron chi connectivity index (χ1n) is 8.45. The molecule has 0 N–H and O–H groups in total. The number of amides is 1. The molecule has 2 aromatic rings. The Balaban J connectivity index is 1.43. The van der Waals surface area contributed by atoms with Crippen molar-refractivity contribution in [1.82, 2.24) is 4.90 Å². The number of hydrogen-bond donors (Lipinski definition) is 0. The molecule has 5 heteroatoms. The highest BCUT2D eigenvalue weighted by atomic mass is 16.6. The van der Waals surface area contributed by atoms with Gasteiger partial charge in [-0.15, -0.1) is 0 Å². The molecular weight excluding hydrogens is 318 g/mol. The van der Waals surface area contributed by atoms with Crippen molar-refractivity contribution in [2.24, 2.45) is 5.92 Å². The Labute approximate surface area is 147 Å². The molecule has 25 heavy (non-hydrogen) atoms. The highest BCUT2D eigenvalue weighted by Gasteiger charge is 2.29. The zero-order valence-corrected chi connectivity index (χ0v) is 14.0. The number of hydrogen-bond acceptors (Lipinski definition) is 4. The van der Waals surface area contributed by atoms with Crippen molar-refractivity contribution < 1.29 is 19.1 Å². The third kappa shape index (κ3) is 4.83. The maximum absolute atomic E-state index is 12.2. The van der Waals surface area contributed by atoms with Gasteiger partial charge in [0, 0.05) is 13.1 Å². The molecule has 130 valence electrons. The number of esters is 1. The van der Waals surface area contributed by atoms with Crippen LogP contribution in [0, 0.1) is 5.92 Å². The van der Waals surface area contributed by atoms with Gasteiger partial charge in [-0.05, 0) is 30.5 Å². The Morgan fingerprint density at radius 2 is 1.52 bits per heavy atom. The number of carbonyl (C=O) groups is 2. The van der Waals surface area contributed by atoms with E-state index in [1.54, 1.807) is 17.0 Å². The fourth-order valence-electron chi connectivity index (χ4n) is 2.80. The van der Waals surface area contributed by atoms with Crippen LogP contribution in [0.25, 0.3) is 0 Å². The van der Waals surface area contributed by atoms with Gasteiger partial charge >= 0.3 is 12.1 Å². The molecular formula is C20H21NO4. The van der Waals surface area contributed by atoms with Crippen LogP contribution in [-0.4, -0.2) is 30.1 Å². The molecule has 5 nitrogen and oxygen atoms in total. The second-order valence-electron chi connectivity index (χ2n) is 6.04. The Bertz CT molecular complexity index is 694. The molecule has 1 amide bonds. The molecule has 0 bridgehead atoms. The minimum absolute atomic E-state index is 0.182. The number of likely N-dealkylation sites (tertiary alicyclic amines) is 1. The maximum Gasteiger partial charge on any atom is 0.410 e. The molecule has 1 fully saturated rings. The lowest BCUT2D eigenvalue weighted by Gasteiger charge is -2.30. The lowest BCUT2D eigenvalue weighted by atomic mass is 9.97. The first-order valence-corrected chi connectivity index (χ1v) is 8.45. The maximum atomic E-state index is 12.2. The average molecular weight is 339 g/mol. The standard InChI is InChI=1S/C20H21NO4/c22-19(25-18-9-5-2-6-10-18)17-11-13-21(14-12-17)20(23)24-15-16-7-3-1-4-8-16/h1-10,17H,11-15H2. The SMILES string of the molecule is O=C(Oc1ccccc1)C1CCN(C(=O)OCc2ccccc2)CC1. The number of ether oxygens (including phenoxy) is 2. The van der Waals surface area contributed by atoms with Crippen LogP contribution in [0.5, 0.6) is 5.75 Å². The Hall–Kier alpha value is -2.82. The number of rotatable bonds is 4. The topological polar surface area (TPSA) is 55.8 Å². The Morgan fingerprint density at radius 3 is 2.16 bits per heavy atom. The van der Waals surface area contributed by atoms with E-state index in [0.29, 0.717) is 31.7 Å². The molecule has 3 rings (SSSR count). The summed E-state index contributed by atoms with van der Waals surface area (Å²) < 4.78 is 10.7. The molecule has 1 aliphatic rings. The summed E-state index contributed by atoms with van der Waals surface area (Å²) in [7, 11) is 0. The van der Waals surface area contributed by atoms with Crippen molar-refractivity contribution >= 4 is 12.1 Å². The minimum atomic E-state index is -0.335. The lowest BCUT2D eigenvalue weighted by Crippen LogP contribution is -2.41. The second kappa shape index (κ2) is 8.33. The van der Waals surface area contributed by atoms with Gasteiger partial charge in [-0.1, -0.05) is 48.5 Å². The summed E-state index contributed by atoms with van der Waals surface area (Å²) in [6.45, 7) is 1.26. The number of carbonyl (C=O) groups excluding carboxylic acids is 2. The van der Waals surface area contributed by atoms with Gasteiger partial charge in [0.2, 0.25) is 0 Å². The van der Waals surface area contributed by atoms with E-state index in [2.05, 4.69) is 0 Å². The fraction of sp³-hybridized carbons (Fsp3) is 0.300. The van der Waals surface area contributed by atoms with E-state index in [9.17, 15) is 9.59 Å². The number of piperidine rings is 1. The monoisotopic (exact) mass is 339 g/mol. The van der Waals surface area contributed by atoms with Gasteiger partial charge < -0.3 is 14.4 Å². The predicted molar refractivity (Wildman–Crippen MR) is 93.0 cm³/mol. The Morgan fingerprint density at radius 1 is 0.920 bits per heavy atom. The summed E-state index contributed by atoms with van der Waals surface area (Å²) >= 11 is 0. The highest BCUT2D eigenvalue weighted by molar-refractivity contribution is 5.76. The van der Waals surface area contributed by atoms with E-state index in [1.165, 1.54) is 0 Å². The van der Waals surface area contributed by atoms with Gasteiger partial charge in [-0.3, -0.25) is 4.79 Å². The molecule has 0 aliphatic carbocycles. The number of para-hydroxylation sites is 1. The van der Waals surface area contributed by atoms with Gasteiger partial charge in [-0.25, -0.2) is 4.79 Å². The second-order valence-corrected chi connectivity index (χ2v) is 6.04. The summed E-state index contributed by atoms with van der Waals surface area (Å²) in [6.07, 6.45) is 0.844. The van der Waals surface area contributed by atoms with E-state index >= 15 is 0 Å². The average Bonchev–Trinajstić information content (AvgIpc) is 2.68. The summed E-state index contributed by atoms with van der Waals surface area (Å²) in [5, 5.41) is 0. The lowest BCUT2D eigenvalue weighted by molar-refractivity contribution is -0.140. The number of benzene rings is 2. The first-order chi connectivity index (χ1) is 12.2. The third-order valence-corrected chi connectivity index (χ3v) is 4.25. The summed E-state index contributed by atoms with van der Waals surface area (Å²) in [4.78, 5) is 26.0. The zero-order valence-electron chi connectivity index (χ0n) is 14.0. The van der Waals surface area contributed by atoms with Gasteiger partial charge in [0.15, 0.2) is 0 Å². The molecule has 1 heterocycles. The molecule has 2 aromatic carbocycles. The van der Waals surface area contributed by atoms with Gasteiger partial charge in [0.05, 0.1) is 5.92 Å². The van der Waals surface area contributed by atoms with Crippen LogP contribution in [0.3, 0.4) is 0 Å². The molecule has 0 aromatic heterocycles. The molecule has 0 atom stereocenters. The molecule has 1 aliphatic heterocycles. The van der Waals surface area contributed by atoms with E-state index in [-0.39, 0.29) is 24.6 Å². The van der Waals surface area contributed by atoms with Crippen molar-refractivity contribution in [3.8, 4) is 5.75 Å². The smallest absolute Gasteiger partial charge is 0.410 e.